The molecule has 0 aromatic rings. The van der Waals surface area contributed by atoms with Gasteiger partial charge in [-0.15, -0.1) is 0 Å². The summed E-state index contributed by atoms with van der Waals surface area (Å²) in [6.07, 6.45) is 19.2. The van der Waals surface area contributed by atoms with Gasteiger partial charge in [0.05, 0.1) is 0 Å². The molecule has 0 aromatic heterocycles. The highest BCUT2D eigenvalue weighted by Crippen LogP contribution is 2.15. The number of aliphatic carboxylic acids is 1. The molecule has 0 heterocycles. The standard InChI is InChI=1S/C20H38O4/c1-2-3-4-5-6-7-8-9-10-11-12-13-14-15-16-17-18(21)19(22)20(23)24/h21-22H,2-17H2,1H3,(H,23,24). The van der Waals surface area contributed by atoms with Gasteiger partial charge in [-0.25, -0.2) is 4.79 Å². The molecule has 0 aliphatic rings. The maximum atomic E-state index is 10.4. The first-order chi connectivity index (χ1) is 11.6. The van der Waals surface area contributed by atoms with Crippen LogP contribution in [-0.2, 0) is 4.79 Å². The number of rotatable bonds is 17. The van der Waals surface area contributed by atoms with Crippen LogP contribution in [0.1, 0.15) is 110 Å². The first kappa shape index (κ1) is 22.8. The molecule has 3 N–H and O–H groups in total. The van der Waals surface area contributed by atoms with Gasteiger partial charge in [-0.3, -0.25) is 0 Å². The lowest BCUT2D eigenvalue weighted by Crippen LogP contribution is -2.03. The van der Waals surface area contributed by atoms with E-state index in [1.54, 1.807) is 0 Å². The van der Waals surface area contributed by atoms with Gasteiger partial charge in [-0.05, 0) is 6.42 Å². The fourth-order valence-electron chi connectivity index (χ4n) is 2.91. The Balaban J connectivity index is 3.23. The lowest BCUT2D eigenvalue weighted by atomic mass is 10.0. The number of aliphatic hydroxyl groups excluding tert-OH is 2. The van der Waals surface area contributed by atoms with Crippen molar-refractivity contribution in [3.8, 4) is 0 Å². The van der Waals surface area contributed by atoms with Crippen molar-refractivity contribution in [2.45, 2.75) is 110 Å². The van der Waals surface area contributed by atoms with Crippen molar-refractivity contribution in [2.24, 2.45) is 0 Å². The number of unbranched alkanes of at least 4 members (excludes halogenated alkanes) is 14. The van der Waals surface area contributed by atoms with Crippen molar-refractivity contribution in [2.75, 3.05) is 0 Å². The van der Waals surface area contributed by atoms with Gasteiger partial charge >= 0.3 is 5.97 Å². The van der Waals surface area contributed by atoms with Gasteiger partial charge in [0, 0.05) is 6.42 Å². The highest BCUT2D eigenvalue weighted by atomic mass is 16.4. The second kappa shape index (κ2) is 16.7. The minimum atomic E-state index is -1.46. The van der Waals surface area contributed by atoms with Crippen molar-refractivity contribution >= 4 is 5.97 Å². The van der Waals surface area contributed by atoms with Crippen LogP contribution in [0.3, 0.4) is 0 Å². The molecule has 0 atom stereocenters. The molecule has 0 aliphatic heterocycles. The van der Waals surface area contributed by atoms with E-state index in [0.29, 0.717) is 0 Å². The highest BCUT2D eigenvalue weighted by molar-refractivity contribution is 5.84. The Labute approximate surface area is 148 Å². The predicted octanol–water partition coefficient (Wildman–Crippen LogP) is 6.66. The third kappa shape index (κ3) is 14.4. The lowest BCUT2D eigenvalue weighted by molar-refractivity contribution is -0.135. The largest absolute Gasteiger partial charge is 0.508 e. The molecule has 0 fully saturated rings. The normalized spacial score (nSPS) is 12.2. The van der Waals surface area contributed by atoms with E-state index in [1.165, 1.54) is 77.0 Å². The highest BCUT2D eigenvalue weighted by Gasteiger charge is 2.10. The third-order valence-corrected chi connectivity index (χ3v) is 4.49. The van der Waals surface area contributed by atoms with E-state index >= 15 is 0 Å². The van der Waals surface area contributed by atoms with Crippen LogP contribution in [0.25, 0.3) is 0 Å². The molecule has 0 radical (unpaired) electrons. The molecule has 0 bridgehead atoms. The summed E-state index contributed by atoms with van der Waals surface area (Å²) < 4.78 is 0. The Hall–Kier alpha value is -1.19. The lowest BCUT2D eigenvalue weighted by Gasteiger charge is -2.04. The number of carbonyl (C=O) groups is 1. The van der Waals surface area contributed by atoms with Crippen LogP contribution >= 0.6 is 0 Å². The maximum absolute atomic E-state index is 10.4. The van der Waals surface area contributed by atoms with Gasteiger partial charge in [-0.1, -0.05) is 96.8 Å². The van der Waals surface area contributed by atoms with Gasteiger partial charge < -0.3 is 15.3 Å². The second-order valence-corrected chi connectivity index (χ2v) is 6.80. The Bertz CT molecular complexity index is 337. The van der Waals surface area contributed by atoms with Crippen LogP contribution in [0.4, 0.5) is 0 Å². The fraction of sp³-hybridized carbons (Fsp3) is 0.850. The van der Waals surface area contributed by atoms with Crippen LogP contribution in [0.5, 0.6) is 0 Å². The summed E-state index contributed by atoms with van der Waals surface area (Å²) in [5, 5.41) is 26.9. The van der Waals surface area contributed by atoms with E-state index in [-0.39, 0.29) is 6.42 Å². The SMILES string of the molecule is CCCCCCCCCCCCCCCCCC(O)=C(O)C(=O)O. The van der Waals surface area contributed by atoms with E-state index in [9.17, 15) is 9.90 Å². The summed E-state index contributed by atoms with van der Waals surface area (Å²) in [5.41, 5.74) is 0. The van der Waals surface area contributed by atoms with E-state index < -0.39 is 17.5 Å². The van der Waals surface area contributed by atoms with E-state index in [4.69, 9.17) is 10.2 Å². The van der Waals surface area contributed by atoms with Crippen molar-refractivity contribution in [1.29, 1.82) is 0 Å². The molecule has 0 rings (SSSR count). The van der Waals surface area contributed by atoms with Crippen molar-refractivity contribution in [1.82, 2.24) is 0 Å². The Morgan fingerprint density at radius 2 is 0.917 bits per heavy atom. The maximum Gasteiger partial charge on any atom is 0.374 e. The van der Waals surface area contributed by atoms with E-state index in [0.717, 1.165) is 19.3 Å². The fourth-order valence-corrected chi connectivity index (χ4v) is 2.91. The Morgan fingerprint density at radius 3 is 1.25 bits per heavy atom. The smallest absolute Gasteiger partial charge is 0.374 e. The number of hydrogen-bond acceptors (Lipinski definition) is 3. The summed E-state index contributed by atoms with van der Waals surface area (Å²) in [4.78, 5) is 10.4. The third-order valence-electron chi connectivity index (χ3n) is 4.49. The molecular weight excluding hydrogens is 304 g/mol. The summed E-state index contributed by atoms with van der Waals surface area (Å²) in [6, 6.07) is 0. The van der Waals surface area contributed by atoms with Crippen LogP contribution < -0.4 is 0 Å². The van der Waals surface area contributed by atoms with E-state index in [1.807, 2.05) is 0 Å². The van der Waals surface area contributed by atoms with Gasteiger partial charge in [-0.2, -0.15) is 0 Å². The topological polar surface area (TPSA) is 77.8 Å². The monoisotopic (exact) mass is 342 g/mol. The minimum Gasteiger partial charge on any atom is -0.508 e. The van der Waals surface area contributed by atoms with Gasteiger partial charge in [0.15, 0.2) is 0 Å². The van der Waals surface area contributed by atoms with Crippen molar-refractivity contribution < 1.29 is 20.1 Å². The minimum absolute atomic E-state index is 0.246. The van der Waals surface area contributed by atoms with Crippen LogP contribution in [-0.4, -0.2) is 21.3 Å². The van der Waals surface area contributed by atoms with Crippen LogP contribution in [0.2, 0.25) is 0 Å². The Kier molecular flexibility index (Phi) is 15.8. The average Bonchev–Trinajstić information content (AvgIpc) is 2.57. The molecular formula is C20H38O4. The summed E-state index contributed by atoms with van der Waals surface area (Å²) >= 11 is 0. The Morgan fingerprint density at radius 1 is 0.583 bits per heavy atom. The second-order valence-electron chi connectivity index (χ2n) is 6.80. The zero-order valence-corrected chi connectivity index (χ0v) is 15.6. The molecule has 0 saturated carbocycles. The molecule has 0 saturated heterocycles. The first-order valence-corrected chi connectivity index (χ1v) is 9.94. The summed E-state index contributed by atoms with van der Waals surface area (Å²) in [7, 11) is 0. The summed E-state index contributed by atoms with van der Waals surface area (Å²) in [5.74, 6) is -2.79. The predicted molar refractivity (Wildman–Crippen MR) is 99.5 cm³/mol. The number of aliphatic hydroxyl groups is 2. The summed E-state index contributed by atoms with van der Waals surface area (Å²) in [6.45, 7) is 2.26. The van der Waals surface area contributed by atoms with Crippen molar-refractivity contribution in [3.05, 3.63) is 11.5 Å². The van der Waals surface area contributed by atoms with Crippen molar-refractivity contribution in [3.63, 3.8) is 0 Å². The zero-order valence-electron chi connectivity index (χ0n) is 15.6. The van der Waals surface area contributed by atoms with Gasteiger partial charge in [0.25, 0.3) is 0 Å². The molecule has 24 heavy (non-hydrogen) atoms. The quantitative estimate of drug-likeness (QED) is 0.157. The molecule has 4 heteroatoms. The molecule has 4 nitrogen and oxygen atoms in total. The molecule has 0 amide bonds. The number of allylic oxidation sites excluding steroid dienone is 1. The zero-order chi connectivity index (χ0) is 18.0. The molecule has 142 valence electrons. The number of carboxylic acids is 1. The average molecular weight is 343 g/mol. The van der Waals surface area contributed by atoms with E-state index in [2.05, 4.69) is 6.92 Å². The van der Waals surface area contributed by atoms with Crippen LogP contribution in [0, 0.1) is 0 Å². The first-order valence-electron chi connectivity index (χ1n) is 9.94. The van der Waals surface area contributed by atoms with Crippen LogP contribution in [0.15, 0.2) is 11.5 Å². The van der Waals surface area contributed by atoms with Gasteiger partial charge in [0.2, 0.25) is 5.76 Å². The molecule has 0 unspecified atom stereocenters. The molecule has 0 aliphatic carbocycles. The number of carboxylic acid groups (broad SMARTS) is 1. The molecule has 0 aromatic carbocycles. The number of hydrogen-bond donors (Lipinski definition) is 3. The van der Waals surface area contributed by atoms with Gasteiger partial charge in [0.1, 0.15) is 5.76 Å². The molecule has 0 spiro atoms.